The van der Waals surface area contributed by atoms with E-state index in [0.29, 0.717) is 5.82 Å². The van der Waals surface area contributed by atoms with E-state index in [0.717, 1.165) is 47.0 Å². The number of rotatable bonds is 1. The van der Waals surface area contributed by atoms with E-state index in [-0.39, 0.29) is 5.56 Å². The van der Waals surface area contributed by atoms with Gasteiger partial charge in [0.05, 0.1) is 5.69 Å². The fourth-order valence-corrected chi connectivity index (χ4v) is 2.77. The Balaban J connectivity index is 2.14. The molecule has 0 aliphatic heterocycles. The van der Waals surface area contributed by atoms with Crippen LogP contribution in [0.15, 0.2) is 33.5 Å². The third kappa shape index (κ3) is 2.12. The number of aryl methyl sites for hydroxylation is 1. The van der Waals surface area contributed by atoms with Crippen LogP contribution in [0.2, 0.25) is 0 Å². The van der Waals surface area contributed by atoms with Gasteiger partial charge in [0.1, 0.15) is 5.82 Å². The molecule has 1 aromatic heterocycles. The number of aromatic nitrogens is 2. The van der Waals surface area contributed by atoms with Gasteiger partial charge < -0.3 is 4.98 Å². The number of aromatic amines is 1. The molecule has 1 aromatic carbocycles. The monoisotopic (exact) mass is 304 g/mol. The summed E-state index contributed by atoms with van der Waals surface area (Å²) in [7, 11) is 0. The molecule has 4 heteroatoms. The van der Waals surface area contributed by atoms with Gasteiger partial charge in [-0.1, -0.05) is 28.1 Å². The normalized spacial score (nSPS) is 14.3. The average molecular weight is 305 g/mol. The zero-order valence-corrected chi connectivity index (χ0v) is 11.5. The second-order valence-electron chi connectivity index (χ2n) is 4.56. The van der Waals surface area contributed by atoms with Gasteiger partial charge in [-0.15, -0.1) is 0 Å². The van der Waals surface area contributed by atoms with Crippen LogP contribution in [-0.2, 0) is 12.8 Å². The van der Waals surface area contributed by atoms with E-state index < -0.39 is 0 Å². The van der Waals surface area contributed by atoms with Gasteiger partial charge in [0.15, 0.2) is 0 Å². The molecule has 1 aliphatic rings. The molecule has 0 saturated heterocycles. The van der Waals surface area contributed by atoms with E-state index in [9.17, 15) is 4.79 Å². The van der Waals surface area contributed by atoms with E-state index >= 15 is 0 Å². The van der Waals surface area contributed by atoms with Gasteiger partial charge in [0, 0.05) is 15.6 Å². The lowest BCUT2D eigenvalue weighted by atomic mass is 9.97. The van der Waals surface area contributed by atoms with Crippen LogP contribution in [0.5, 0.6) is 0 Å². The topological polar surface area (TPSA) is 45.8 Å². The van der Waals surface area contributed by atoms with Gasteiger partial charge in [-0.05, 0) is 37.8 Å². The summed E-state index contributed by atoms with van der Waals surface area (Å²) >= 11 is 3.43. The van der Waals surface area contributed by atoms with Crippen molar-refractivity contribution in [3.8, 4) is 11.4 Å². The van der Waals surface area contributed by atoms with E-state index in [2.05, 4.69) is 25.9 Å². The third-order valence-electron chi connectivity index (χ3n) is 3.29. The molecule has 92 valence electrons. The van der Waals surface area contributed by atoms with Gasteiger partial charge in [-0.25, -0.2) is 4.98 Å². The zero-order valence-electron chi connectivity index (χ0n) is 9.87. The van der Waals surface area contributed by atoms with Gasteiger partial charge >= 0.3 is 0 Å². The average Bonchev–Trinajstić information content (AvgIpc) is 2.39. The molecule has 1 N–H and O–H groups in total. The summed E-state index contributed by atoms with van der Waals surface area (Å²) < 4.78 is 0.986. The van der Waals surface area contributed by atoms with Crippen molar-refractivity contribution >= 4 is 15.9 Å². The Morgan fingerprint density at radius 1 is 1.22 bits per heavy atom. The number of H-pyrrole nitrogens is 1. The Hall–Kier alpha value is -1.42. The summed E-state index contributed by atoms with van der Waals surface area (Å²) in [5.41, 5.74) is 2.81. The maximum Gasteiger partial charge on any atom is 0.254 e. The van der Waals surface area contributed by atoms with Crippen LogP contribution in [0.4, 0.5) is 0 Å². The molecule has 0 fully saturated rings. The van der Waals surface area contributed by atoms with E-state index in [4.69, 9.17) is 0 Å². The van der Waals surface area contributed by atoms with Gasteiger partial charge in [0.2, 0.25) is 0 Å². The second kappa shape index (κ2) is 4.69. The molecule has 0 bridgehead atoms. The van der Waals surface area contributed by atoms with Crippen LogP contribution in [0.3, 0.4) is 0 Å². The van der Waals surface area contributed by atoms with Crippen LogP contribution >= 0.6 is 15.9 Å². The molecule has 18 heavy (non-hydrogen) atoms. The Kier molecular flexibility index (Phi) is 3.04. The number of hydrogen-bond acceptors (Lipinski definition) is 2. The summed E-state index contributed by atoms with van der Waals surface area (Å²) in [6, 6.07) is 7.82. The highest BCUT2D eigenvalue weighted by atomic mass is 79.9. The number of hydrogen-bond donors (Lipinski definition) is 1. The van der Waals surface area contributed by atoms with E-state index in [1.165, 1.54) is 0 Å². The highest BCUT2D eigenvalue weighted by Crippen LogP contribution is 2.22. The number of nitrogens with one attached hydrogen (secondary N) is 1. The second-order valence-corrected chi connectivity index (χ2v) is 5.47. The minimum absolute atomic E-state index is 0.0228. The maximum absolute atomic E-state index is 12.0. The van der Waals surface area contributed by atoms with Crippen molar-refractivity contribution in [1.82, 2.24) is 9.97 Å². The lowest BCUT2D eigenvalue weighted by Gasteiger charge is -2.14. The number of nitrogens with zero attached hydrogens (tertiary/aromatic N) is 1. The molecule has 0 atom stereocenters. The first-order valence-corrected chi connectivity index (χ1v) is 6.91. The molecule has 0 spiro atoms. The Bertz CT molecular complexity index is 648. The molecule has 1 heterocycles. The van der Waals surface area contributed by atoms with Crippen molar-refractivity contribution < 1.29 is 0 Å². The molecule has 1 aliphatic carbocycles. The molecular formula is C14H13BrN2O. The quantitative estimate of drug-likeness (QED) is 0.880. The third-order valence-corrected chi connectivity index (χ3v) is 3.78. The molecule has 3 nitrogen and oxygen atoms in total. The SMILES string of the molecule is O=c1[nH]c(-c2cccc(Br)c2)nc2c1CCCC2. The first kappa shape index (κ1) is 11.7. The van der Waals surface area contributed by atoms with Crippen LogP contribution < -0.4 is 5.56 Å². The fourth-order valence-electron chi connectivity index (χ4n) is 2.38. The van der Waals surface area contributed by atoms with Crippen molar-refractivity contribution in [3.63, 3.8) is 0 Å². The van der Waals surface area contributed by atoms with Crippen LogP contribution in [0.25, 0.3) is 11.4 Å². The summed E-state index contributed by atoms with van der Waals surface area (Å²) in [5, 5.41) is 0. The van der Waals surface area contributed by atoms with Crippen molar-refractivity contribution in [1.29, 1.82) is 0 Å². The lowest BCUT2D eigenvalue weighted by molar-refractivity contribution is 0.657. The van der Waals surface area contributed by atoms with Crippen LogP contribution in [0.1, 0.15) is 24.1 Å². The number of halogens is 1. The first-order chi connectivity index (χ1) is 8.74. The summed E-state index contributed by atoms with van der Waals surface area (Å²) in [6.07, 6.45) is 3.99. The highest BCUT2D eigenvalue weighted by molar-refractivity contribution is 9.10. The molecule has 3 rings (SSSR count). The highest BCUT2D eigenvalue weighted by Gasteiger charge is 2.15. The zero-order chi connectivity index (χ0) is 12.5. The standard InChI is InChI=1S/C14H13BrN2O/c15-10-5-3-4-9(8-10)13-16-12-7-2-1-6-11(12)14(18)17-13/h3-5,8H,1-2,6-7H2,(H,16,17,18). The van der Waals surface area contributed by atoms with Crippen LogP contribution in [0, 0.1) is 0 Å². The fraction of sp³-hybridized carbons (Fsp3) is 0.286. The minimum atomic E-state index is 0.0228. The summed E-state index contributed by atoms with van der Waals surface area (Å²) in [6.45, 7) is 0. The predicted octanol–water partition coefficient (Wildman–Crippen LogP) is 3.08. The molecule has 0 unspecified atom stereocenters. The molecule has 0 saturated carbocycles. The molecule has 0 amide bonds. The van der Waals surface area contributed by atoms with Crippen molar-refractivity contribution in [2.24, 2.45) is 0 Å². The maximum atomic E-state index is 12.0. The Morgan fingerprint density at radius 2 is 2.06 bits per heavy atom. The van der Waals surface area contributed by atoms with Crippen LogP contribution in [-0.4, -0.2) is 9.97 Å². The summed E-state index contributed by atoms with van der Waals surface area (Å²) in [5.74, 6) is 0.668. The van der Waals surface area contributed by atoms with Gasteiger partial charge in [0.25, 0.3) is 5.56 Å². The molecular weight excluding hydrogens is 292 g/mol. The van der Waals surface area contributed by atoms with Crippen molar-refractivity contribution in [2.45, 2.75) is 25.7 Å². The number of benzene rings is 1. The first-order valence-electron chi connectivity index (χ1n) is 6.12. The Labute approximate surface area is 113 Å². The molecule has 0 radical (unpaired) electrons. The van der Waals surface area contributed by atoms with Crippen molar-refractivity contribution in [3.05, 3.63) is 50.3 Å². The minimum Gasteiger partial charge on any atom is -0.306 e. The van der Waals surface area contributed by atoms with Gasteiger partial charge in [-0.2, -0.15) is 0 Å². The van der Waals surface area contributed by atoms with Gasteiger partial charge in [-0.3, -0.25) is 4.79 Å². The summed E-state index contributed by atoms with van der Waals surface area (Å²) in [4.78, 5) is 19.5. The predicted molar refractivity (Wildman–Crippen MR) is 74.6 cm³/mol. The van der Waals surface area contributed by atoms with Crippen molar-refractivity contribution in [2.75, 3.05) is 0 Å². The van der Waals surface area contributed by atoms with E-state index in [1.54, 1.807) is 0 Å². The van der Waals surface area contributed by atoms with E-state index in [1.807, 2.05) is 24.3 Å². The largest absolute Gasteiger partial charge is 0.306 e. The number of fused-ring (bicyclic) bond motifs is 1. The lowest BCUT2D eigenvalue weighted by Crippen LogP contribution is -2.21. The Morgan fingerprint density at radius 3 is 2.89 bits per heavy atom. The molecule has 2 aromatic rings. The smallest absolute Gasteiger partial charge is 0.254 e.